The van der Waals surface area contributed by atoms with Crippen molar-refractivity contribution < 1.29 is 9.84 Å². The number of ether oxygens (including phenoxy) is 1. The van der Waals surface area contributed by atoms with Gasteiger partial charge in [0.1, 0.15) is 0 Å². The van der Waals surface area contributed by atoms with Gasteiger partial charge in [-0.1, -0.05) is 13.8 Å². The van der Waals surface area contributed by atoms with Gasteiger partial charge in [0.05, 0.1) is 6.61 Å². The van der Waals surface area contributed by atoms with E-state index in [0.29, 0.717) is 29.4 Å². The zero-order chi connectivity index (χ0) is 16.2. The van der Waals surface area contributed by atoms with E-state index in [9.17, 15) is 5.11 Å². The molecule has 0 aromatic heterocycles. The fraction of sp³-hybridized carbons (Fsp3) is 0.714. The van der Waals surface area contributed by atoms with Gasteiger partial charge >= 0.3 is 0 Å². The minimum Gasteiger partial charge on any atom is -0.504 e. The molecule has 0 bridgehead atoms. The van der Waals surface area contributed by atoms with Gasteiger partial charge in [0.15, 0.2) is 11.5 Å². The number of aromatic hydroxyl groups is 1. The van der Waals surface area contributed by atoms with Gasteiger partial charge in [-0.2, -0.15) is 0 Å². The molecule has 2 heteroatoms. The minimum absolute atomic E-state index is 0.319. The van der Waals surface area contributed by atoms with Crippen LogP contribution in [0.2, 0.25) is 0 Å². The monoisotopic (exact) mass is 314 g/mol. The van der Waals surface area contributed by atoms with Crippen LogP contribution in [0.3, 0.4) is 0 Å². The lowest BCUT2D eigenvalue weighted by molar-refractivity contribution is 0.0335. The Morgan fingerprint density at radius 1 is 1.22 bits per heavy atom. The molecular formula is C21H30O2. The highest BCUT2D eigenvalue weighted by Gasteiger charge is 2.53. The average molecular weight is 314 g/mol. The summed E-state index contributed by atoms with van der Waals surface area (Å²) in [5.74, 6) is 4.30. The van der Waals surface area contributed by atoms with Crippen molar-refractivity contribution >= 4 is 0 Å². The first-order valence-corrected chi connectivity index (χ1v) is 9.53. The lowest BCUT2D eigenvalue weighted by atomic mass is 9.54. The molecule has 0 aliphatic heterocycles. The number of phenols is 1. The second kappa shape index (κ2) is 5.43. The summed E-state index contributed by atoms with van der Waals surface area (Å²) >= 11 is 0. The number of benzene rings is 1. The Morgan fingerprint density at radius 3 is 2.83 bits per heavy atom. The maximum absolute atomic E-state index is 10.2. The van der Waals surface area contributed by atoms with Crippen LogP contribution in [0.5, 0.6) is 11.5 Å². The minimum atomic E-state index is 0.319. The first-order chi connectivity index (χ1) is 11.0. The summed E-state index contributed by atoms with van der Waals surface area (Å²) in [6.45, 7) is 7.62. The van der Waals surface area contributed by atoms with Crippen molar-refractivity contribution in [2.24, 2.45) is 23.2 Å². The molecule has 1 aromatic carbocycles. The zero-order valence-electron chi connectivity index (χ0n) is 14.8. The van der Waals surface area contributed by atoms with Crippen molar-refractivity contribution in [3.05, 3.63) is 23.3 Å². The van der Waals surface area contributed by atoms with E-state index >= 15 is 0 Å². The van der Waals surface area contributed by atoms with Crippen LogP contribution < -0.4 is 4.74 Å². The first kappa shape index (κ1) is 15.4. The van der Waals surface area contributed by atoms with Gasteiger partial charge in [-0.15, -0.1) is 0 Å². The molecule has 126 valence electrons. The largest absolute Gasteiger partial charge is 0.504 e. The maximum Gasteiger partial charge on any atom is 0.161 e. The first-order valence-electron chi connectivity index (χ1n) is 9.53. The Hall–Kier alpha value is -1.18. The molecule has 4 rings (SSSR count). The van der Waals surface area contributed by atoms with Crippen LogP contribution in [0.25, 0.3) is 0 Å². The molecule has 0 saturated heterocycles. The highest BCUT2D eigenvalue weighted by molar-refractivity contribution is 5.49. The van der Waals surface area contributed by atoms with E-state index in [0.717, 1.165) is 24.2 Å². The second-order valence-corrected chi connectivity index (χ2v) is 8.39. The van der Waals surface area contributed by atoms with E-state index in [1.54, 1.807) is 0 Å². The molecule has 3 aliphatic rings. The summed E-state index contributed by atoms with van der Waals surface area (Å²) in [4.78, 5) is 0. The molecule has 0 unspecified atom stereocenters. The topological polar surface area (TPSA) is 29.5 Å². The Morgan fingerprint density at radius 2 is 2.04 bits per heavy atom. The zero-order valence-corrected chi connectivity index (χ0v) is 14.8. The van der Waals surface area contributed by atoms with Crippen LogP contribution in [-0.2, 0) is 6.42 Å². The molecule has 5 atom stereocenters. The smallest absolute Gasteiger partial charge is 0.161 e. The summed E-state index contributed by atoms with van der Waals surface area (Å²) in [5, 5.41) is 10.2. The van der Waals surface area contributed by atoms with E-state index in [-0.39, 0.29) is 0 Å². The van der Waals surface area contributed by atoms with Gasteiger partial charge in [0.25, 0.3) is 0 Å². The molecule has 0 spiro atoms. The van der Waals surface area contributed by atoms with Crippen LogP contribution in [0, 0.1) is 23.2 Å². The second-order valence-electron chi connectivity index (χ2n) is 8.39. The van der Waals surface area contributed by atoms with Gasteiger partial charge in [0.2, 0.25) is 0 Å². The van der Waals surface area contributed by atoms with E-state index < -0.39 is 0 Å². The summed E-state index contributed by atoms with van der Waals surface area (Å²) < 4.78 is 5.66. The summed E-state index contributed by atoms with van der Waals surface area (Å²) in [5.41, 5.74) is 3.41. The third-order valence-electron chi connectivity index (χ3n) is 7.58. The van der Waals surface area contributed by atoms with E-state index in [1.807, 2.05) is 13.0 Å². The molecule has 2 saturated carbocycles. The summed E-state index contributed by atoms with van der Waals surface area (Å²) in [6.07, 6.45) is 7.94. The Kier molecular flexibility index (Phi) is 3.62. The van der Waals surface area contributed by atoms with Crippen LogP contribution in [0.4, 0.5) is 0 Å². The third kappa shape index (κ3) is 2.21. The molecule has 1 aromatic rings. The van der Waals surface area contributed by atoms with Gasteiger partial charge in [-0.3, -0.25) is 0 Å². The van der Waals surface area contributed by atoms with Crippen LogP contribution >= 0.6 is 0 Å². The van der Waals surface area contributed by atoms with Crippen LogP contribution in [0.15, 0.2) is 12.1 Å². The molecule has 0 radical (unpaired) electrons. The van der Waals surface area contributed by atoms with Crippen LogP contribution in [-0.4, -0.2) is 11.7 Å². The van der Waals surface area contributed by atoms with Crippen molar-refractivity contribution in [1.82, 2.24) is 0 Å². The molecule has 2 nitrogen and oxygen atoms in total. The predicted molar refractivity (Wildman–Crippen MR) is 93.1 cm³/mol. The third-order valence-corrected chi connectivity index (χ3v) is 7.58. The Labute approximate surface area is 140 Å². The van der Waals surface area contributed by atoms with Crippen molar-refractivity contribution in [1.29, 1.82) is 0 Å². The quantitative estimate of drug-likeness (QED) is 0.804. The van der Waals surface area contributed by atoms with Crippen molar-refractivity contribution in [2.45, 2.75) is 65.2 Å². The van der Waals surface area contributed by atoms with Crippen molar-refractivity contribution in [2.75, 3.05) is 6.61 Å². The van der Waals surface area contributed by atoms with Gasteiger partial charge in [0, 0.05) is 0 Å². The van der Waals surface area contributed by atoms with E-state index in [1.165, 1.54) is 43.2 Å². The Bertz CT molecular complexity index is 608. The molecule has 1 N–H and O–H groups in total. The highest BCUT2D eigenvalue weighted by Crippen LogP contribution is 2.63. The number of hydrogen-bond acceptors (Lipinski definition) is 2. The fourth-order valence-electron chi connectivity index (χ4n) is 6.12. The molecule has 3 aliphatic carbocycles. The number of hydrogen-bond donors (Lipinski definition) is 1. The fourth-order valence-corrected chi connectivity index (χ4v) is 6.12. The molecule has 2 fully saturated rings. The predicted octanol–water partition coefficient (Wildman–Crippen LogP) is 5.28. The molecule has 0 heterocycles. The van der Waals surface area contributed by atoms with Crippen LogP contribution in [0.1, 0.15) is 69.9 Å². The SMILES string of the molecule is CCOc1cc2c(cc1O)CC[C@@H]1[C@@H]2CC[C@]2(C)[C@@H](C)CC[C@@H]12. The summed E-state index contributed by atoms with van der Waals surface area (Å²) in [6, 6.07) is 4.13. The number of aryl methyl sites for hydroxylation is 1. The van der Waals surface area contributed by atoms with Gasteiger partial charge in [-0.05, 0) is 97.8 Å². The normalized spacial score (nSPS) is 38.6. The number of fused-ring (bicyclic) bond motifs is 5. The standard InChI is InChI=1S/C21H30O2/c1-4-23-20-12-17-14(11-19(20)22)6-7-16-15(17)9-10-21(3)13(2)5-8-18(16)21/h11-13,15-16,18,22H,4-10H2,1-3H3/t13-,15-,16+,18-,21+/m0/s1. The summed E-state index contributed by atoms with van der Waals surface area (Å²) in [7, 11) is 0. The highest BCUT2D eigenvalue weighted by atomic mass is 16.5. The lowest BCUT2D eigenvalue weighted by Gasteiger charge is -2.50. The Balaban J connectivity index is 1.70. The number of phenolic OH excluding ortho intramolecular Hbond substituents is 1. The molecular weight excluding hydrogens is 284 g/mol. The average Bonchev–Trinajstić information content (AvgIpc) is 2.84. The lowest BCUT2D eigenvalue weighted by Crippen LogP contribution is -2.41. The molecule has 0 amide bonds. The van der Waals surface area contributed by atoms with E-state index in [4.69, 9.17) is 4.74 Å². The van der Waals surface area contributed by atoms with Gasteiger partial charge < -0.3 is 9.84 Å². The van der Waals surface area contributed by atoms with Crippen molar-refractivity contribution in [3.63, 3.8) is 0 Å². The van der Waals surface area contributed by atoms with Crippen molar-refractivity contribution in [3.8, 4) is 11.5 Å². The molecule has 23 heavy (non-hydrogen) atoms. The van der Waals surface area contributed by atoms with E-state index in [2.05, 4.69) is 19.9 Å². The number of rotatable bonds is 2. The van der Waals surface area contributed by atoms with Gasteiger partial charge in [-0.25, -0.2) is 0 Å². The maximum atomic E-state index is 10.2.